The number of thioether (sulfide) groups is 1. The van der Waals surface area contributed by atoms with Crippen molar-refractivity contribution in [2.45, 2.75) is 55.7 Å². The first kappa shape index (κ1) is 13.2. The molecule has 1 heterocycles. The average molecular weight is 256 g/mol. The molecule has 98 valence electrons. The Kier molecular flexibility index (Phi) is 4.74. The number of rotatable bonds is 4. The van der Waals surface area contributed by atoms with Crippen LogP contribution in [0.1, 0.15) is 44.9 Å². The van der Waals surface area contributed by atoms with Gasteiger partial charge in [-0.25, -0.2) is 0 Å². The molecule has 2 N–H and O–H groups in total. The largest absolute Gasteiger partial charge is 0.353 e. The van der Waals surface area contributed by atoms with Crippen molar-refractivity contribution in [3.8, 4) is 0 Å². The van der Waals surface area contributed by atoms with Gasteiger partial charge in [0.15, 0.2) is 0 Å². The van der Waals surface area contributed by atoms with Gasteiger partial charge in [0.25, 0.3) is 0 Å². The molecule has 4 heteroatoms. The van der Waals surface area contributed by atoms with Gasteiger partial charge in [-0.1, -0.05) is 19.3 Å². The van der Waals surface area contributed by atoms with Crippen LogP contribution < -0.4 is 10.6 Å². The zero-order chi connectivity index (χ0) is 12.1. The summed E-state index contributed by atoms with van der Waals surface area (Å²) in [4.78, 5) is 12.0. The third-order valence-corrected chi connectivity index (χ3v) is 5.58. The van der Waals surface area contributed by atoms with E-state index in [2.05, 4.69) is 16.9 Å². The molecule has 1 atom stereocenters. The quantitative estimate of drug-likeness (QED) is 0.807. The Labute approximate surface area is 108 Å². The second-order valence-electron chi connectivity index (χ2n) is 5.31. The fourth-order valence-corrected chi connectivity index (χ4v) is 3.84. The zero-order valence-electron chi connectivity index (χ0n) is 10.8. The van der Waals surface area contributed by atoms with Crippen LogP contribution in [0.2, 0.25) is 0 Å². The van der Waals surface area contributed by atoms with Crippen molar-refractivity contribution < 1.29 is 4.79 Å². The van der Waals surface area contributed by atoms with Crippen LogP contribution in [0.4, 0.5) is 0 Å². The Morgan fingerprint density at radius 1 is 1.35 bits per heavy atom. The van der Waals surface area contributed by atoms with Gasteiger partial charge in [0, 0.05) is 11.3 Å². The van der Waals surface area contributed by atoms with E-state index in [1.807, 2.05) is 11.8 Å². The summed E-state index contributed by atoms with van der Waals surface area (Å²) in [5, 5.41) is 6.42. The molecule has 0 unspecified atom stereocenters. The summed E-state index contributed by atoms with van der Waals surface area (Å²) in [7, 11) is 0. The van der Waals surface area contributed by atoms with Gasteiger partial charge in [0.05, 0.1) is 6.04 Å². The van der Waals surface area contributed by atoms with Crippen molar-refractivity contribution in [3.05, 3.63) is 0 Å². The number of hydrogen-bond acceptors (Lipinski definition) is 3. The Balaban J connectivity index is 1.80. The predicted molar refractivity (Wildman–Crippen MR) is 73.4 cm³/mol. The van der Waals surface area contributed by atoms with Crippen molar-refractivity contribution in [1.29, 1.82) is 0 Å². The SMILES string of the molecule is CSC1(CNC(=O)[C@@H]2CCCN2)CCCCC1. The molecule has 0 aromatic heterocycles. The molecule has 0 aromatic rings. The molecule has 2 fully saturated rings. The Hall–Kier alpha value is -0.220. The van der Waals surface area contributed by atoms with Crippen LogP contribution in [0, 0.1) is 0 Å². The first-order chi connectivity index (χ1) is 8.26. The molecule has 3 nitrogen and oxygen atoms in total. The van der Waals surface area contributed by atoms with Crippen LogP contribution in [0.15, 0.2) is 0 Å². The first-order valence-corrected chi connectivity index (χ1v) is 8.04. The molecule has 1 saturated heterocycles. The summed E-state index contributed by atoms with van der Waals surface area (Å²) in [5.41, 5.74) is 0. The minimum atomic E-state index is 0.0671. The molecule has 0 spiro atoms. The van der Waals surface area contributed by atoms with Crippen molar-refractivity contribution >= 4 is 17.7 Å². The maximum absolute atomic E-state index is 12.0. The zero-order valence-corrected chi connectivity index (χ0v) is 11.6. The van der Waals surface area contributed by atoms with E-state index in [-0.39, 0.29) is 11.9 Å². The predicted octanol–water partition coefficient (Wildman–Crippen LogP) is 1.92. The molecule has 1 aliphatic heterocycles. The lowest BCUT2D eigenvalue weighted by Crippen LogP contribution is -2.47. The lowest BCUT2D eigenvalue weighted by Gasteiger charge is -2.36. The van der Waals surface area contributed by atoms with E-state index < -0.39 is 0 Å². The maximum atomic E-state index is 12.0. The smallest absolute Gasteiger partial charge is 0.237 e. The number of hydrogen-bond donors (Lipinski definition) is 2. The van der Waals surface area contributed by atoms with Crippen LogP contribution in [0.3, 0.4) is 0 Å². The molecule has 0 aromatic carbocycles. The van der Waals surface area contributed by atoms with Crippen LogP contribution >= 0.6 is 11.8 Å². The molecule has 0 bridgehead atoms. The van der Waals surface area contributed by atoms with Crippen LogP contribution in [0.25, 0.3) is 0 Å². The van der Waals surface area contributed by atoms with E-state index in [4.69, 9.17) is 0 Å². The topological polar surface area (TPSA) is 41.1 Å². The molecule has 1 amide bonds. The summed E-state index contributed by atoms with van der Waals surface area (Å²) in [6, 6.07) is 0.0671. The van der Waals surface area contributed by atoms with E-state index in [0.717, 1.165) is 25.9 Å². The van der Waals surface area contributed by atoms with Crippen LogP contribution in [0.5, 0.6) is 0 Å². The van der Waals surface area contributed by atoms with E-state index in [1.165, 1.54) is 32.1 Å². The minimum Gasteiger partial charge on any atom is -0.353 e. The highest BCUT2D eigenvalue weighted by Crippen LogP contribution is 2.37. The van der Waals surface area contributed by atoms with Crippen LogP contribution in [-0.4, -0.2) is 36.0 Å². The Bertz CT molecular complexity index is 258. The van der Waals surface area contributed by atoms with E-state index >= 15 is 0 Å². The second kappa shape index (κ2) is 6.10. The first-order valence-electron chi connectivity index (χ1n) is 6.82. The number of carbonyl (C=O) groups is 1. The fourth-order valence-electron chi connectivity index (χ4n) is 2.93. The van der Waals surface area contributed by atoms with Gasteiger partial charge in [0.1, 0.15) is 0 Å². The molecule has 17 heavy (non-hydrogen) atoms. The van der Waals surface area contributed by atoms with E-state index in [1.54, 1.807) is 0 Å². The van der Waals surface area contributed by atoms with Crippen molar-refractivity contribution in [2.24, 2.45) is 0 Å². The summed E-state index contributed by atoms with van der Waals surface area (Å²) in [6.07, 6.45) is 10.8. The van der Waals surface area contributed by atoms with E-state index in [9.17, 15) is 4.79 Å². The minimum absolute atomic E-state index is 0.0671. The van der Waals surface area contributed by atoms with Crippen molar-refractivity contribution in [3.63, 3.8) is 0 Å². The lowest BCUT2D eigenvalue weighted by atomic mass is 9.88. The fraction of sp³-hybridized carbons (Fsp3) is 0.923. The highest BCUT2D eigenvalue weighted by atomic mass is 32.2. The van der Waals surface area contributed by atoms with Gasteiger partial charge < -0.3 is 10.6 Å². The standard InChI is InChI=1S/C13H24N2OS/c1-17-13(7-3-2-4-8-13)10-15-12(16)11-6-5-9-14-11/h11,14H,2-10H2,1H3,(H,15,16)/t11-/m0/s1. The van der Waals surface area contributed by atoms with E-state index in [0.29, 0.717) is 4.75 Å². The summed E-state index contributed by atoms with van der Waals surface area (Å²) < 4.78 is 0.312. The van der Waals surface area contributed by atoms with Gasteiger partial charge in [0.2, 0.25) is 5.91 Å². The van der Waals surface area contributed by atoms with Crippen molar-refractivity contribution in [2.75, 3.05) is 19.3 Å². The molecule has 0 radical (unpaired) electrons. The number of carbonyl (C=O) groups excluding carboxylic acids is 1. The van der Waals surface area contributed by atoms with Gasteiger partial charge in [-0.15, -0.1) is 0 Å². The van der Waals surface area contributed by atoms with Gasteiger partial charge in [-0.2, -0.15) is 11.8 Å². The summed E-state index contributed by atoms with van der Waals surface area (Å²) in [5.74, 6) is 0.210. The Morgan fingerprint density at radius 3 is 2.71 bits per heavy atom. The molecular weight excluding hydrogens is 232 g/mol. The second-order valence-corrected chi connectivity index (χ2v) is 6.59. The monoisotopic (exact) mass is 256 g/mol. The maximum Gasteiger partial charge on any atom is 0.237 e. The number of nitrogens with one attached hydrogen (secondary N) is 2. The molecule has 2 rings (SSSR count). The highest BCUT2D eigenvalue weighted by Gasteiger charge is 2.32. The normalized spacial score (nSPS) is 27.9. The average Bonchev–Trinajstić information content (AvgIpc) is 2.91. The van der Waals surface area contributed by atoms with Gasteiger partial charge >= 0.3 is 0 Å². The van der Waals surface area contributed by atoms with Gasteiger partial charge in [-0.05, 0) is 38.5 Å². The van der Waals surface area contributed by atoms with Gasteiger partial charge in [-0.3, -0.25) is 4.79 Å². The molecule has 1 aliphatic carbocycles. The number of amides is 1. The lowest BCUT2D eigenvalue weighted by molar-refractivity contribution is -0.122. The van der Waals surface area contributed by atoms with Crippen LogP contribution in [-0.2, 0) is 4.79 Å². The third kappa shape index (κ3) is 3.38. The summed E-state index contributed by atoms with van der Waals surface area (Å²) >= 11 is 1.94. The Morgan fingerprint density at radius 2 is 2.12 bits per heavy atom. The highest BCUT2D eigenvalue weighted by molar-refractivity contribution is 8.00. The molecule has 1 saturated carbocycles. The third-order valence-electron chi connectivity index (χ3n) is 4.16. The van der Waals surface area contributed by atoms with Crippen molar-refractivity contribution in [1.82, 2.24) is 10.6 Å². The molecular formula is C13H24N2OS. The summed E-state index contributed by atoms with van der Waals surface area (Å²) in [6.45, 7) is 1.84. The molecule has 2 aliphatic rings.